The van der Waals surface area contributed by atoms with Gasteiger partial charge in [-0.25, -0.2) is 4.79 Å². The number of aliphatic hydroxyl groups is 1. The average Bonchev–Trinajstić information content (AvgIpc) is 2.69. The van der Waals surface area contributed by atoms with Crippen LogP contribution in [-0.2, 0) is 9.59 Å². The summed E-state index contributed by atoms with van der Waals surface area (Å²) in [5, 5.41) is 18.9. The molecule has 0 saturated carbocycles. The van der Waals surface area contributed by atoms with E-state index in [0.717, 1.165) is 0 Å². The molecule has 0 aromatic heterocycles. The summed E-state index contributed by atoms with van der Waals surface area (Å²) in [7, 11) is 0. The second-order valence-corrected chi connectivity index (χ2v) is 5.92. The van der Waals surface area contributed by atoms with Gasteiger partial charge in [-0.3, -0.25) is 9.79 Å². The summed E-state index contributed by atoms with van der Waals surface area (Å²) >= 11 is 1.38. The lowest BCUT2D eigenvalue weighted by molar-refractivity contribution is -0.161. The Hall–Kier alpha value is -1.54. The minimum Gasteiger partial charge on any atom is -0.477 e. The Kier molecular flexibility index (Phi) is 4.34. The van der Waals surface area contributed by atoms with Crippen LogP contribution in [-0.4, -0.2) is 57.8 Å². The minimum atomic E-state index is -1.10. The number of aliphatic imine (C=N–C) groups is 1. The molecule has 2 heterocycles. The number of carboxylic acid groups (broad SMARTS) is 1. The molecule has 8 heteroatoms. The Balaban J connectivity index is 2.11. The van der Waals surface area contributed by atoms with Crippen molar-refractivity contribution >= 4 is 30.0 Å². The third-order valence-corrected chi connectivity index (χ3v) is 4.59. The monoisotopic (exact) mass is 299 g/mol. The number of aliphatic hydroxyl groups excluding tert-OH is 1. The fourth-order valence-corrected chi connectivity index (χ4v) is 3.71. The van der Waals surface area contributed by atoms with E-state index in [-0.39, 0.29) is 17.6 Å². The first kappa shape index (κ1) is 14.9. The van der Waals surface area contributed by atoms with Crippen LogP contribution in [0.15, 0.2) is 15.6 Å². The van der Waals surface area contributed by atoms with E-state index >= 15 is 0 Å². The second kappa shape index (κ2) is 5.84. The fourth-order valence-electron chi connectivity index (χ4n) is 2.66. The molecule has 20 heavy (non-hydrogen) atoms. The molecule has 0 aromatic carbocycles. The Morgan fingerprint density at radius 2 is 2.40 bits per heavy atom. The summed E-state index contributed by atoms with van der Waals surface area (Å²) in [6.45, 7) is 2.05. The Labute approximate surface area is 120 Å². The molecule has 1 amide bonds. The number of thioether (sulfide) groups is 1. The van der Waals surface area contributed by atoms with Crippen molar-refractivity contribution in [2.75, 3.05) is 12.3 Å². The highest BCUT2D eigenvalue weighted by Crippen LogP contribution is 2.46. The first-order valence-corrected chi connectivity index (χ1v) is 7.28. The number of rotatable bonds is 6. The molecule has 0 spiro atoms. The molecule has 110 valence electrons. The van der Waals surface area contributed by atoms with E-state index in [1.807, 2.05) is 0 Å². The van der Waals surface area contributed by atoms with Crippen LogP contribution in [0.4, 0.5) is 0 Å². The minimum absolute atomic E-state index is 0.0543. The normalized spacial score (nSPS) is 26.9. The molecule has 4 N–H and O–H groups in total. The molecule has 0 radical (unpaired) electrons. The number of hydrogen-bond donors (Lipinski definition) is 3. The maximum atomic E-state index is 11.9. The highest BCUT2D eigenvalue weighted by molar-refractivity contribution is 8.03. The number of β-lactam (4-membered cyclic amide) rings is 1. The maximum absolute atomic E-state index is 11.9. The van der Waals surface area contributed by atoms with Gasteiger partial charge < -0.3 is 20.8 Å². The van der Waals surface area contributed by atoms with Crippen molar-refractivity contribution in [2.45, 2.75) is 25.5 Å². The molecule has 2 rings (SSSR count). The van der Waals surface area contributed by atoms with Gasteiger partial charge in [0.15, 0.2) is 0 Å². The van der Waals surface area contributed by atoms with Crippen molar-refractivity contribution < 1.29 is 19.8 Å². The van der Waals surface area contributed by atoms with E-state index in [1.165, 1.54) is 23.0 Å². The van der Waals surface area contributed by atoms with Gasteiger partial charge >= 0.3 is 5.97 Å². The lowest BCUT2D eigenvalue weighted by atomic mass is 9.83. The summed E-state index contributed by atoms with van der Waals surface area (Å²) in [4.78, 5) is 29.1. The van der Waals surface area contributed by atoms with Crippen LogP contribution >= 0.6 is 11.8 Å². The van der Waals surface area contributed by atoms with Crippen LogP contribution in [0, 0.1) is 5.92 Å². The number of nitrogens with two attached hydrogens (primary N) is 1. The van der Waals surface area contributed by atoms with Gasteiger partial charge in [0.25, 0.3) is 0 Å². The van der Waals surface area contributed by atoms with Crippen molar-refractivity contribution in [3.8, 4) is 0 Å². The van der Waals surface area contributed by atoms with Gasteiger partial charge in [0.05, 0.1) is 30.9 Å². The van der Waals surface area contributed by atoms with E-state index in [2.05, 4.69) is 4.99 Å². The first-order valence-electron chi connectivity index (χ1n) is 6.29. The predicted octanol–water partition coefficient (Wildman–Crippen LogP) is -0.386. The molecule has 2 aliphatic heterocycles. The number of amides is 1. The standard InChI is InChI=1S/C12H17N3O4S/c1-6(16)9-7-4-8(20-3-2-14-5-13)10(12(18)19)15(7)11(9)17/h5-7,9,16H,2-4H2,1H3,(H2,13,14)(H,18,19)/t6-,7?,9?/m1/s1. The molecular formula is C12H17N3O4S. The molecule has 1 saturated heterocycles. The third kappa shape index (κ3) is 2.40. The topological polar surface area (TPSA) is 116 Å². The van der Waals surface area contributed by atoms with E-state index in [9.17, 15) is 19.8 Å². The van der Waals surface area contributed by atoms with Gasteiger partial charge in [-0.05, 0) is 6.92 Å². The quantitative estimate of drug-likeness (QED) is 0.266. The van der Waals surface area contributed by atoms with Crippen LogP contribution in [0.3, 0.4) is 0 Å². The van der Waals surface area contributed by atoms with Crippen molar-refractivity contribution in [1.29, 1.82) is 0 Å². The van der Waals surface area contributed by atoms with Crippen LogP contribution in [0.2, 0.25) is 0 Å². The largest absolute Gasteiger partial charge is 0.477 e. The van der Waals surface area contributed by atoms with Crippen molar-refractivity contribution in [2.24, 2.45) is 16.6 Å². The highest BCUT2D eigenvalue weighted by atomic mass is 32.2. The molecular weight excluding hydrogens is 282 g/mol. The summed E-state index contributed by atoms with van der Waals surface area (Å²) in [5.74, 6) is -1.30. The lowest BCUT2D eigenvalue weighted by Gasteiger charge is -2.44. The number of carboxylic acids is 1. The van der Waals surface area contributed by atoms with Gasteiger partial charge in [0.2, 0.25) is 5.91 Å². The molecule has 0 bridgehead atoms. The van der Waals surface area contributed by atoms with Crippen molar-refractivity contribution in [1.82, 2.24) is 4.90 Å². The number of carbonyl (C=O) groups is 2. The smallest absolute Gasteiger partial charge is 0.353 e. The van der Waals surface area contributed by atoms with Gasteiger partial charge in [-0.1, -0.05) is 0 Å². The molecule has 1 fully saturated rings. The lowest BCUT2D eigenvalue weighted by Crippen LogP contribution is -2.61. The van der Waals surface area contributed by atoms with E-state index in [0.29, 0.717) is 23.6 Å². The SMILES string of the molecule is C[C@@H](O)C1C(=O)N2C(C(=O)O)=C(SCCN=CN)CC12. The zero-order valence-electron chi connectivity index (χ0n) is 11.0. The summed E-state index contributed by atoms with van der Waals surface area (Å²) in [5.41, 5.74) is 5.19. The molecule has 2 unspecified atom stereocenters. The molecule has 2 aliphatic rings. The van der Waals surface area contributed by atoms with E-state index < -0.39 is 18.0 Å². The maximum Gasteiger partial charge on any atom is 0.353 e. The van der Waals surface area contributed by atoms with Gasteiger partial charge in [0, 0.05) is 17.1 Å². The number of fused-ring (bicyclic) bond motifs is 1. The van der Waals surface area contributed by atoms with Gasteiger partial charge in [-0.2, -0.15) is 0 Å². The number of carbonyl (C=O) groups excluding carboxylic acids is 1. The highest BCUT2D eigenvalue weighted by Gasteiger charge is 2.56. The Bertz CT molecular complexity index is 489. The van der Waals surface area contributed by atoms with Gasteiger partial charge in [0.1, 0.15) is 5.70 Å². The molecule has 7 nitrogen and oxygen atoms in total. The zero-order chi connectivity index (χ0) is 14.9. The second-order valence-electron chi connectivity index (χ2n) is 4.73. The van der Waals surface area contributed by atoms with Crippen molar-refractivity contribution in [3.63, 3.8) is 0 Å². The number of nitrogens with zero attached hydrogens (tertiary/aromatic N) is 2. The Morgan fingerprint density at radius 1 is 1.70 bits per heavy atom. The fraction of sp³-hybridized carbons (Fsp3) is 0.583. The molecule has 0 aromatic rings. The van der Waals surface area contributed by atoms with E-state index in [1.54, 1.807) is 6.92 Å². The zero-order valence-corrected chi connectivity index (χ0v) is 11.8. The summed E-state index contributed by atoms with van der Waals surface area (Å²) < 4.78 is 0. The van der Waals surface area contributed by atoms with Gasteiger partial charge in [-0.15, -0.1) is 11.8 Å². The third-order valence-electron chi connectivity index (χ3n) is 3.49. The number of aliphatic carboxylic acids is 1. The van der Waals surface area contributed by atoms with Crippen LogP contribution < -0.4 is 5.73 Å². The summed E-state index contributed by atoms with van der Waals surface area (Å²) in [6, 6.07) is -0.228. The van der Waals surface area contributed by atoms with Crippen molar-refractivity contribution in [3.05, 3.63) is 10.6 Å². The predicted molar refractivity (Wildman–Crippen MR) is 75.1 cm³/mol. The molecule has 3 atom stereocenters. The average molecular weight is 299 g/mol. The van der Waals surface area contributed by atoms with Crippen LogP contribution in [0.5, 0.6) is 0 Å². The number of hydrogen-bond acceptors (Lipinski definition) is 5. The Morgan fingerprint density at radius 3 is 2.95 bits per heavy atom. The van der Waals surface area contributed by atoms with Crippen LogP contribution in [0.1, 0.15) is 13.3 Å². The van der Waals surface area contributed by atoms with Crippen LogP contribution in [0.25, 0.3) is 0 Å². The van der Waals surface area contributed by atoms with E-state index in [4.69, 9.17) is 5.73 Å². The first-order chi connectivity index (χ1) is 9.49. The molecule has 0 aliphatic carbocycles. The summed E-state index contributed by atoms with van der Waals surface area (Å²) in [6.07, 6.45) is 0.937.